The summed E-state index contributed by atoms with van der Waals surface area (Å²) in [5.74, 6) is -3.06. The molecular weight excluding hydrogens is 378 g/mol. The lowest BCUT2D eigenvalue weighted by Crippen LogP contribution is -2.15. The van der Waals surface area contributed by atoms with Gasteiger partial charge in [0.15, 0.2) is 0 Å². The van der Waals surface area contributed by atoms with Crippen LogP contribution in [0.15, 0.2) is 59.6 Å². The zero-order valence-electron chi connectivity index (χ0n) is 14.0. The Labute approximate surface area is 153 Å². The van der Waals surface area contributed by atoms with Crippen LogP contribution in [0.3, 0.4) is 0 Å². The molecule has 0 amide bonds. The highest BCUT2D eigenvalue weighted by Crippen LogP contribution is 2.24. The summed E-state index contributed by atoms with van der Waals surface area (Å²) >= 11 is 0. The van der Waals surface area contributed by atoms with Crippen LogP contribution in [0.1, 0.15) is 16.1 Å². The lowest BCUT2D eigenvalue weighted by atomic mass is 10.1. The van der Waals surface area contributed by atoms with Crippen molar-refractivity contribution >= 4 is 21.7 Å². The summed E-state index contributed by atoms with van der Waals surface area (Å²) in [6, 6.07) is 9.57. The predicted molar refractivity (Wildman–Crippen MR) is 94.6 cm³/mol. The van der Waals surface area contributed by atoms with Gasteiger partial charge < -0.3 is 9.67 Å². The molecule has 9 heteroatoms. The van der Waals surface area contributed by atoms with Gasteiger partial charge in [-0.25, -0.2) is 22.0 Å². The molecule has 1 aromatic heterocycles. The molecular formula is C18H14F2N2O4S. The first-order valence-corrected chi connectivity index (χ1v) is 9.17. The third kappa shape index (κ3) is 3.68. The van der Waals surface area contributed by atoms with Crippen molar-refractivity contribution in [2.45, 2.75) is 11.8 Å². The van der Waals surface area contributed by atoms with Gasteiger partial charge in [-0.2, -0.15) is 0 Å². The lowest BCUT2D eigenvalue weighted by molar-refractivity contribution is 0.0688. The summed E-state index contributed by atoms with van der Waals surface area (Å²) in [6.45, 7) is 1.67. The average Bonchev–Trinajstić information content (AvgIpc) is 3.06. The van der Waals surface area contributed by atoms with E-state index in [9.17, 15) is 27.1 Å². The highest BCUT2D eigenvalue weighted by atomic mass is 32.2. The number of carboxylic acid groups (broad SMARTS) is 1. The van der Waals surface area contributed by atoms with Crippen molar-refractivity contribution in [2.24, 2.45) is 0 Å². The first-order chi connectivity index (χ1) is 12.7. The van der Waals surface area contributed by atoms with E-state index >= 15 is 0 Å². The Morgan fingerprint density at radius 2 is 1.85 bits per heavy atom. The SMILES string of the molecule is Cc1cc(NS(=O)(=O)c2cc(F)ccc2F)ccc1-n1cccc1C(=O)O. The van der Waals surface area contributed by atoms with Gasteiger partial charge in [-0.05, 0) is 61.0 Å². The number of benzene rings is 2. The van der Waals surface area contributed by atoms with Crippen LogP contribution < -0.4 is 4.72 Å². The molecule has 0 radical (unpaired) electrons. The quantitative estimate of drug-likeness (QED) is 0.695. The molecule has 0 spiro atoms. The lowest BCUT2D eigenvalue weighted by Gasteiger charge is -2.13. The molecule has 140 valence electrons. The number of halogens is 2. The third-order valence-corrected chi connectivity index (χ3v) is 5.26. The Kier molecular flexibility index (Phi) is 4.71. The topological polar surface area (TPSA) is 88.4 Å². The van der Waals surface area contributed by atoms with E-state index in [0.717, 1.165) is 12.1 Å². The van der Waals surface area contributed by atoms with Crippen LogP contribution in [0.4, 0.5) is 14.5 Å². The van der Waals surface area contributed by atoms with E-state index in [-0.39, 0.29) is 11.4 Å². The van der Waals surface area contributed by atoms with Gasteiger partial charge in [-0.1, -0.05) is 0 Å². The minimum atomic E-state index is -4.34. The Balaban J connectivity index is 1.95. The van der Waals surface area contributed by atoms with Crippen molar-refractivity contribution in [3.63, 3.8) is 0 Å². The number of carboxylic acids is 1. The van der Waals surface area contributed by atoms with Crippen LogP contribution in [0.5, 0.6) is 0 Å². The van der Waals surface area contributed by atoms with E-state index in [1.165, 1.54) is 28.8 Å². The van der Waals surface area contributed by atoms with Crippen molar-refractivity contribution < 1.29 is 27.1 Å². The number of nitrogens with zero attached hydrogens (tertiary/aromatic N) is 1. The van der Waals surface area contributed by atoms with Gasteiger partial charge in [-0.3, -0.25) is 4.72 Å². The number of rotatable bonds is 5. The Hall–Kier alpha value is -3.20. The Bertz CT molecular complexity index is 1140. The monoisotopic (exact) mass is 392 g/mol. The molecule has 3 aromatic rings. The zero-order chi connectivity index (χ0) is 19.8. The fraction of sp³-hybridized carbons (Fsp3) is 0.0556. The molecule has 0 bridgehead atoms. The Morgan fingerprint density at radius 1 is 1.11 bits per heavy atom. The van der Waals surface area contributed by atoms with Crippen molar-refractivity contribution in [3.8, 4) is 5.69 Å². The number of carbonyl (C=O) groups is 1. The summed E-state index contributed by atoms with van der Waals surface area (Å²) in [5, 5.41) is 9.21. The maximum absolute atomic E-state index is 13.8. The molecule has 0 saturated carbocycles. The van der Waals surface area contributed by atoms with Crippen molar-refractivity contribution in [1.29, 1.82) is 0 Å². The van der Waals surface area contributed by atoms with Crippen LogP contribution in [0.25, 0.3) is 5.69 Å². The number of hydrogen-bond donors (Lipinski definition) is 2. The van der Waals surface area contributed by atoms with Gasteiger partial charge in [0.1, 0.15) is 22.2 Å². The second-order valence-electron chi connectivity index (χ2n) is 5.75. The largest absolute Gasteiger partial charge is 0.477 e. The smallest absolute Gasteiger partial charge is 0.352 e. The van der Waals surface area contributed by atoms with Crippen LogP contribution >= 0.6 is 0 Å². The van der Waals surface area contributed by atoms with Crippen LogP contribution in [-0.2, 0) is 10.0 Å². The summed E-state index contributed by atoms with van der Waals surface area (Å²) in [4.78, 5) is 10.5. The first kappa shape index (κ1) is 18.6. The van der Waals surface area contributed by atoms with Crippen molar-refractivity contribution in [1.82, 2.24) is 4.57 Å². The van der Waals surface area contributed by atoms with E-state index in [0.29, 0.717) is 17.3 Å². The summed E-state index contributed by atoms with van der Waals surface area (Å²) in [5.41, 5.74) is 1.29. The molecule has 1 heterocycles. The molecule has 0 aliphatic heterocycles. The number of aromatic nitrogens is 1. The molecule has 27 heavy (non-hydrogen) atoms. The van der Waals surface area contributed by atoms with Crippen LogP contribution in [-0.4, -0.2) is 24.1 Å². The molecule has 0 aliphatic carbocycles. The molecule has 0 unspecified atom stereocenters. The van der Waals surface area contributed by atoms with Gasteiger partial charge in [0.2, 0.25) is 0 Å². The van der Waals surface area contributed by atoms with Crippen molar-refractivity contribution in [2.75, 3.05) is 4.72 Å². The molecule has 2 aromatic carbocycles. The fourth-order valence-electron chi connectivity index (χ4n) is 2.65. The number of hydrogen-bond acceptors (Lipinski definition) is 3. The molecule has 0 fully saturated rings. The summed E-state index contributed by atoms with van der Waals surface area (Å²) < 4.78 is 55.4. The molecule has 0 atom stereocenters. The number of sulfonamides is 1. The first-order valence-electron chi connectivity index (χ1n) is 7.68. The minimum Gasteiger partial charge on any atom is -0.477 e. The zero-order valence-corrected chi connectivity index (χ0v) is 14.8. The van der Waals surface area contributed by atoms with Gasteiger partial charge >= 0.3 is 5.97 Å². The fourth-order valence-corrected chi connectivity index (χ4v) is 3.79. The molecule has 2 N–H and O–H groups in total. The molecule has 6 nitrogen and oxygen atoms in total. The van der Waals surface area contributed by atoms with E-state index in [2.05, 4.69) is 4.72 Å². The molecule has 0 aliphatic rings. The maximum atomic E-state index is 13.8. The second kappa shape index (κ2) is 6.84. The highest BCUT2D eigenvalue weighted by molar-refractivity contribution is 7.92. The van der Waals surface area contributed by atoms with E-state index < -0.39 is 32.5 Å². The number of anilines is 1. The average molecular weight is 392 g/mol. The number of nitrogens with one attached hydrogen (secondary N) is 1. The molecule has 3 rings (SSSR count). The van der Waals surface area contributed by atoms with Crippen molar-refractivity contribution in [3.05, 3.63) is 77.6 Å². The summed E-state index contributed by atoms with van der Waals surface area (Å²) in [7, 11) is -4.34. The van der Waals surface area contributed by atoms with E-state index in [1.807, 2.05) is 0 Å². The maximum Gasteiger partial charge on any atom is 0.352 e. The van der Waals surface area contributed by atoms with Gasteiger partial charge in [0.25, 0.3) is 10.0 Å². The van der Waals surface area contributed by atoms with Crippen LogP contribution in [0.2, 0.25) is 0 Å². The van der Waals surface area contributed by atoms with E-state index in [1.54, 1.807) is 19.2 Å². The van der Waals surface area contributed by atoms with Gasteiger partial charge in [0.05, 0.1) is 0 Å². The normalized spacial score (nSPS) is 11.4. The number of aromatic carboxylic acids is 1. The second-order valence-corrected chi connectivity index (χ2v) is 7.40. The number of aryl methyl sites for hydroxylation is 1. The highest BCUT2D eigenvalue weighted by Gasteiger charge is 2.20. The third-order valence-electron chi connectivity index (χ3n) is 3.86. The summed E-state index contributed by atoms with van der Waals surface area (Å²) in [6.07, 6.45) is 1.57. The van der Waals surface area contributed by atoms with Crippen LogP contribution in [0, 0.1) is 18.6 Å². The van der Waals surface area contributed by atoms with E-state index in [4.69, 9.17) is 0 Å². The van der Waals surface area contributed by atoms with Gasteiger partial charge in [0, 0.05) is 17.6 Å². The standard InChI is InChI=1S/C18H14F2N2O4S/c1-11-9-13(5-7-15(11)22-8-2-3-16(22)18(23)24)21-27(25,26)17-10-12(19)4-6-14(17)20/h2-10,21H,1H3,(H,23,24). The predicted octanol–water partition coefficient (Wildman–Crippen LogP) is 3.56. The minimum absolute atomic E-state index is 0.0493. The van der Waals surface area contributed by atoms with Gasteiger partial charge in [-0.15, -0.1) is 0 Å². The Morgan fingerprint density at radius 3 is 2.52 bits per heavy atom. The molecule has 0 saturated heterocycles.